The minimum Gasteiger partial charge on any atom is -0.379 e. The Balaban J connectivity index is 1.09. The van der Waals surface area contributed by atoms with Crippen LogP contribution < -0.4 is 10.7 Å². The van der Waals surface area contributed by atoms with Crippen LogP contribution in [0.25, 0.3) is 33.4 Å². The molecule has 3 aromatic heterocycles. The molecule has 72 heavy (non-hydrogen) atoms. The molecule has 4 aliphatic rings. The third-order valence-electron chi connectivity index (χ3n) is 16.0. The number of nitrogens with one attached hydrogen (secondary N) is 2. The Morgan fingerprint density at radius 2 is 1.79 bits per heavy atom. The second-order valence-corrected chi connectivity index (χ2v) is 23.3. The van der Waals surface area contributed by atoms with Crippen LogP contribution >= 0.6 is 11.3 Å². The summed E-state index contributed by atoms with van der Waals surface area (Å²) in [5, 5.41) is 10.1. The first-order valence-corrected chi connectivity index (χ1v) is 28.0. The molecule has 2 aliphatic heterocycles. The summed E-state index contributed by atoms with van der Waals surface area (Å²) in [4.78, 5) is 17.8. The van der Waals surface area contributed by atoms with Crippen molar-refractivity contribution in [3.05, 3.63) is 95.1 Å². The van der Waals surface area contributed by atoms with Gasteiger partial charge in [0.1, 0.15) is 6.54 Å². The largest absolute Gasteiger partial charge is 0.406 e. The lowest BCUT2D eigenvalue weighted by molar-refractivity contribution is -0.139. The summed E-state index contributed by atoms with van der Waals surface area (Å²) in [6.45, 7) is 32.9. The zero-order valence-corrected chi connectivity index (χ0v) is 45.0. The number of hydrogen-bond donors (Lipinski definition) is 2. The van der Waals surface area contributed by atoms with E-state index in [-0.39, 0.29) is 23.4 Å². The van der Waals surface area contributed by atoms with Crippen molar-refractivity contribution >= 4 is 22.2 Å². The van der Waals surface area contributed by atoms with Crippen molar-refractivity contribution in [3.8, 4) is 34.9 Å². The number of terminal acetylenes is 1. The average Bonchev–Trinajstić information content (AvgIpc) is 3.68. The lowest BCUT2D eigenvalue weighted by Crippen LogP contribution is -2.51. The summed E-state index contributed by atoms with van der Waals surface area (Å²) in [6, 6.07) is 10.3. The predicted molar refractivity (Wildman–Crippen MR) is 292 cm³/mol. The number of benzene rings is 1. The molecule has 9 nitrogen and oxygen atoms in total. The lowest BCUT2D eigenvalue weighted by Gasteiger charge is -2.39. The minimum absolute atomic E-state index is 0.0000426. The van der Waals surface area contributed by atoms with Crippen LogP contribution in [0.3, 0.4) is 0 Å². The molecular formula is C59H82F3N9S. The molecule has 0 bridgehead atoms. The van der Waals surface area contributed by atoms with E-state index in [4.69, 9.17) is 29.5 Å². The van der Waals surface area contributed by atoms with Gasteiger partial charge < -0.3 is 24.7 Å². The van der Waals surface area contributed by atoms with Crippen molar-refractivity contribution < 1.29 is 13.2 Å². The van der Waals surface area contributed by atoms with Gasteiger partial charge in [0.2, 0.25) is 0 Å². The van der Waals surface area contributed by atoms with Crippen molar-refractivity contribution in [1.29, 1.82) is 0 Å². The molecule has 3 atom stereocenters. The number of alkyl halides is 3. The molecule has 4 aromatic rings. The van der Waals surface area contributed by atoms with E-state index in [1.165, 1.54) is 55.3 Å². The molecule has 8 rings (SSSR count). The first-order chi connectivity index (χ1) is 34.5. The molecule has 390 valence electrons. The zero-order chi connectivity index (χ0) is 51.3. The first-order valence-electron chi connectivity index (χ1n) is 27.1. The fraction of sp³-hybridized carbons (Fsp3) is 0.593. The van der Waals surface area contributed by atoms with Crippen LogP contribution in [0.5, 0.6) is 0 Å². The summed E-state index contributed by atoms with van der Waals surface area (Å²) < 4.78 is 45.6. The number of pyridine rings is 1. The second kappa shape index (κ2) is 23.2. The van der Waals surface area contributed by atoms with E-state index in [1.54, 1.807) is 17.5 Å². The smallest absolute Gasteiger partial charge is 0.379 e. The van der Waals surface area contributed by atoms with Gasteiger partial charge in [-0.15, -0.1) is 23.7 Å². The standard InChI is InChI=1S/C59H82F3N9S/c1-11-14-28-58(9,10)35-50-49-33-46(23-26-53(49)70(39-59(60,61)62)57(50)48-22-19-29-63-55(48)40(4)5)52-38-72-54(66-52)34-51(42(7)71-31-18-17-30-64-71)65-41(6)56(45-20-15-16-21-45)68-32-27-44(37-68)36-67(12-2)43(8)69(13-3)47-24-25-47/h1,19,22-23,26,29,33,38,40,44-45,47,51,56,64-65H,6-8,12-18,20-21,24-25,27-28,30-32,34-37,39H2,2-5,9-10H3. The number of hydrazine groups is 1. The SMILES string of the molecule is C#CCCC(C)(C)Cc1c(-c2cccnc2C(C)C)n(CC(F)(F)F)c2ccc(-c3csc(CC(NC(=C)C(C4CCCC4)N4CCC(CN(CC)C(=C)N(CC)C5CC5)C4)C(=C)N4CCCCN4)n3)cc12. The van der Waals surface area contributed by atoms with E-state index >= 15 is 0 Å². The fourth-order valence-corrected chi connectivity index (χ4v) is 13.0. The van der Waals surface area contributed by atoms with Gasteiger partial charge in [0.05, 0.1) is 40.0 Å². The maximum Gasteiger partial charge on any atom is 0.406 e. The molecule has 2 saturated heterocycles. The van der Waals surface area contributed by atoms with Gasteiger partial charge in [0, 0.05) is 103 Å². The third-order valence-corrected chi connectivity index (χ3v) is 16.9. The number of hydrogen-bond acceptors (Lipinski definition) is 9. The van der Waals surface area contributed by atoms with E-state index in [0.29, 0.717) is 48.4 Å². The van der Waals surface area contributed by atoms with Crippen molar-refractivity contribution in [1.82, 2.24) is 45.0 Å². The van der Waals surface area contributed by atoms with Crippen LogP contribution in [0.2, 0.25) is 0 Å². The Labute approximate surface area is 433 Å². The highest BCUT2D eigenvalue weighted by Crippen LogP contribution is 2.44. The molecule has 5 heterocycles. The molecule has 4 fully saturated rings. The van der Waals surface area contributed by atoms with Gasteiger partial charge in [-0.25, -0.2) is 10.4 Å². The van der Waals surface area contributed by atoms with E-state index in [0.717, 1.165) is 115 Å². The minimum atomic E-state index is -4.45. The molecule has 0 amide bonds. The predicted octanol–water partition coefficient (Wildman–Crippen LogP) is 12.8. The number of likely N-dealkylation sites (tertiary alicyclic amines) is 1. The summed E-state index contributed by atoms with van der Waals surface area (Å²) in [5.41, 5.74) is 10.6. The van der Waals surface area contributed by atoms with E-state index < -0.39 is 12.7 Å². The van der Waals surface area contributed by atoms with Gasteiger partial charge in [0.15, 0.2) is 0 Å². The van der Waals surface area contributed by atoms with E-state index in [1.807, 2.05) is 38.1 Å². The highest BCUT2D eigenvalue weighted by Gasteiger charge is 2.39. The van der Waals surface area contributed by atoms with E-state index in [9.17, 15) is 13.2 Å². The van der Waals surface area contributed by atoms with Crippen LogP contribution in [-0.2, 0) is 19.4 Å². The average molecular weight is 1010 g/mol. The summed E-state index contributed by atoms with van der Waals surface area (Å²) >= 11 is 1.62. The van der Waals surface area contributed by atoms with Crippen LogP contribution in [-0.4, -0.2) is 104 Å². The number of rotatable bonds is 24. The number of nitrogens with zero attached hydrogens (tertiary/aromatic N) is 7. The van der Waals surface area contributed by atoms with Crippen molar-refractivity contribution in [3.63, 3.8) is 0 Å². The van der Waals surface area contributed by atoms with Gasteiger partial charge in [-0.1, -0.05) is 66.3 Å². The monoisotopic (exact) mass is 1010 g/mol. The second-order valence-electron chi connectivity index (χ2n) is 22.3. The number of fused-ring (bicyclic) bond motifs is 1. The number of halogens is 3. The Morgan fingerprint density at radius 1 is 1.01 bits per heavy atom. The quantitative estimate of drug-likeness (QED) is 0.0673. The topological polar surface area (TPSA) is 67.7 Å². The van der Waals surface area contributed by atoms with Gasteiger partial charge in [-0.2, -0.15) is 13.2 Å². The van der Waals surface area contributed by atoms with Crippen molar-refractivity contribution in [2.75, 3.05) is 45.8 Å². The molecule has 2 N–H and O–H groups in total. The Kier molecular flexibility index (Phi) is 17.2. The normalized spacial score (nSPS) is 19.0. The Morgan fingerprint density at radius 3 is 2.46 bits per heavy atom. The maximum absolute atomic E-state index is 14.7. The van der Waals surface area contributed by atoms with Crippen molar-refractivity contribution in [2.45, 2.75) is 162 Å². The molecule has 0 spiro atoms. The fourth-order valence-electron chi connectivity index (χ4n) is 12.2. The van der Waals surface area contributed by atoms with Crippen LogP contribution in [0.15, 0.2) is 78.9 Å². The van der Waals surface area contributed by atoms with Gasteiger partial charge in [-0.3, -0.25) is 9.88 Å². The Bertz CT molecular complexity index is 2550. The summed E-state index contributed by atoms with van der Waals surface area (Å²) in [7, 11) is 0. The van der Waals surface area contributed by atoms with Gasteiger partial charge in [0.25, 0.3) is 0 Å². The Hall–Kier alpha value is -4.77. The molecular weight excluding hydrogens is 924 g/mol. The maximum atomic E-state index is 14.7. The molecule has 1 aromatic carbocycles. The molecule has 2 saturated carbocycles. The molecule has 2 aliphatic carbocycles. The summed E-state index contributed by atoms with van der Waals surface area (Å²) in [6.07, 6.45) is 16.4. The molecule has 0 radical (unpaired) electrons. The third kappa shape index (κ3) is 12.6. The summed E-state index contributed by atoms with van der Waals surface area (Å²) in [5.74, 6) is 5.08. The van der Waals surface area contributed by atoms with Crippen LogP contribution in [0.4, 0.5) is 13.2 Å². The first kappa shape index (κ1) is 53.5. The highest BCUT2D eigenvalue weighted by molar-refractivity contribution is 7.10. The molecule has 3 unspecified atom stereocenters. The number of aromatic nitrogens is 3. The van der Waals surface area contributed by atoms with Crippen molar-refractivity contribution in [2.24, 2.45) is 17.3 Å². The zero-order valence-electron chi connectivity index (χ0n) is 44.2. The van der Waals surface area contributed by atoms with Gasteiger partial charge in [-0.05, 0) is 131 Å². The van der Waals surface area contributed by atoms with E-state index in [2.05, 4.69) is 82.1 Å². The highest BCUT2D eigenvalue weighted by atomic mass is 32.1. The number of thiazole rings is 1. The van der Waals surface area contributed by atoms with Crippen LogP contribution in [0.1, 0.15) is 134 Å². The molecule has 13 heteroatoms. The van der Waals surface area contributed by atoms with Crippen LogP contribution in [0, 0.1) is 29.6 Å². The lowest BCUT2D eigenvalue weighted by atomic mass is 9.80. The van der Waals surface area contributed by atoms with Gasteiger partial charge >= 0.3 is 6.18 Å².